The quantitative estimate of drug-likeness (QED) is 0.324. The van der Waals surface area contributed by atoms with Crippen LogP contribution in [0.2, 0.25) is 0 Å². The van der Waals surface area contributed by atoms with Gasteiger partial charge in [0, 0.05) is 0 Å². The molecule has 0 bridgehead atoms. The van der Waals surface area contributed by atoms with Crippen LogP contribution in [0.15, 0.2) is 0 Å². The monoisotopic (exact) mass is 528 g/mol. The molecule has 0 rings (SSSR count). The van der Waals surface area contributed by atoms with E-state index in [1.165, 1.54) is 0 Å². The highest BCUT2D eigenvalue weighted by Crippen LogP contribution is 2.61. The molecule has 3 nitrogen and oxygen atoms in total. The molecule has 0 fully saturated rings. The van der Waals surface area contributed by atoms with E-state index in [1.807, 2.05) is 0 Å². The maximum Gasteiger partial charge on any atom is 0.438 e. The van der Waals surface area contributed by atoms with Crippen LogP contribution in [0.1, 0.15) is 0 Å². The Morgan fingerprint density at radius 3 is 1.16 bits per heavy atom. The molecule has 0 aromatic rings. The highest BCUT2D eigenvalue weighted by Gasteiger charge is 2.92. The van der Waals surface area contributed by atoms with E-state index >= 15 is 0 Å². The van der Waals surface area contributed by atoms with Crippen LogP contribution in [0.5, 0.6) is 0 Å². The van der Waals surface area contributed by atoms with Crippen molar-refractivity contribution < 1.29 is 87.6 Å². The minimum atomic E-state index is -8.61. The summed E-state index contributed by atoms with van der Waals surface area (Å²) in [6.45, 7) is 0. The molecule has 0 aromatic carbocycles. The van der Waals surface area contributed by atoms with Gasteiger partial charge in [-0.25, -0.2) is 22.0 Å². The first-order valence-electron chi connectivity index (χ1n) is 6.62. The minimum Gasteiger partial charge on any atom is -0.281 e. The Morgan fingerprint density at radius 1 is 0.548 bits per heavy atom. The van der Waals surface area contributed by atoms with Crippen LogP contribution in [-0.4, -0.2) is 72.8 Å². The molecule has 188 valence electrons. The van der Waals surface area contributed by atoms with E-state index in [4.69, 9.17) is 4.55 Å². The average Bonchev–Trinajstić information content (AvgIpc) is 2.57. The van der Waals surface area contributed by atoms with Crippen LogP contribution >= 0.6 is 0 Å². The maximum absolute atomic E-state index is 13.3. The van der Waals surface area contributed by atoms with Crippen molar-refractivity contribution in [1.82, 2.24) is 0 Å². The van der Waals surface area contributed by atoms with Crippen molar-refractivity contribution in [3.05, 3.63) is 0 Å². The molecule has 0 heterocycles. The molecule has 0 saturated carbocycles. The molecule has 0 aliphatic heterocycles. The SMILES string of the molecule is O=S(=O)(O)C(F)(F)C(F)(F)C(F)(F)C(F)(F)C(F)(F)C(F)(F)C(F)C(F)C(F)C(F)F. The summed E-state index contributed by atoms with van der Waals surface area (Å²) < 4.78 is 248. The van der Waals surface area contributed by atoms with Gasteiger partial charge in [0.25, 0.3) is 6.43 Å². The van der Waals surface area contributed by atoms with Crippen molar-refractivity contribution in [3.8, 4) is 0 Å². The lowest BCUT2D eigenvalue weighted by Gasteiger charge is -2.41. The van der Waals surface area contributed by atoms with Crippen LogP contribution in [0.4, 0.5) is 74.6 Å². The van der Waals surface area contributed by atoms with Gasteiger partial charge in [0.15, 0.2) is 12.3 Å². The third kappa shape index (κ3) is 4.10. The summed E-state index contributed by atoms with van der Waals surface area (Å²) in [7, 11) is -7.83. The number of hydrogen-bond donors (Lipinski definition) is 1. The topological polar surface area (TPSA) is 54.4 Å². The molecule has 0 radical (unpaired) electrons. The molecule has 0 aliphatic carbocycles. The van der Waals surface area contributed by atoms with Gasteiger partial charge in [-0.1, -0.05) is 0 Å². The van der Waals surface area contributed by atoms with Gasteiger partial charge in [0.05, 0.1) is 0 Å². The van der Waals surface area contributed by atoms with Gasteiger partial charge in [0.2, 0.25) is 6.17 Å². The van der Waals surface area contributed by atoms with Crippen molar-refractivity contribution in [3.63, 3.8) is 0 Å². The molecule has 0 spiro atoms. The summed E-state index contributed by atoms with van der Waals surface area (Å²) in [5, 5.41) is -7.75. The maximum atomic E-state index is 13.3. The molecule has 0 aromatic heterocycles. The minimum absolute atomic E-state index is 4.77. The third-order valence-corrected chi connectivity index (χ3v) is 4.37. The van der Waals surface area contributed by atoms with Crippen molar-refractivity contribution >= 4 is 10.1 Å². The van der Waals surface area contributed by atoms with Crippen LogP contribution in [0, 0.1) is 0 Å². The van der Waals surface area contributed by atoms with Gasteiger partial charge < -0.3 is 0 Å². The summed E-state index contributed by atoms with van der Waals surface area (Å²) in [5.41, 5.74) is 0. The zero-order valence-corrected chi connectivity index (χ0v) is 14.2. The first-order chi connectivity index (χ1) is 13.2. The first-order valence-corrected chi connectivity index (χ1v) is 8.06. The first kappa shape index (κ1) is 29.7. The molecule has 31 heavy (non-hydrogen) atoms. The van der Waals surface area contributed by atoms with Crippen molar-refractivity contribution in [1.29, 1.82) is 0 Å². The molecule has 3 unspecified atom stereocenters. The Balaban J connectivity index is 6.63. The Bertz CT molecular complexity index is 747. The van der Waals surface area contributed by atoms with Crippen LogP contribution in [0.25, 0.3) is 0 Å². The second kappa shape index (κ2) is 7.94. The molecular weight excluding hydrogens is 523 g/mol. The highest BCUT2D eigenvalue weighted by molar-refractivity contribution is 7.87. The fraction of sp³-hybridized carbons (Fsp3) is 1.00. The highest BCUT2D eigenvalue weighted by atomic mass is 32.2. The van der Waals surface area contributed by atoms with E-state index in [2.05, 4.69) is 0 Å². The second-order valence-electron chi connectivity index (χ2n) is 5.54. The Kier molecular flexibility index (Phi) is 7.61. The van der Waals surface area contributed by atoms with Crippen LogP contribution < -0.4 is 0 Å². The molecular formula is C10H5F17O3S. The van der Waals surface area contributed by atoms with E-state index in [9.17, 15) is 83.1 Å². The van der Waals surface area contributed by atoms with E-state index < -0.39 is 69.9 Å². The van der Waals surface area contributed by atoms with Gasteiger partial charge in [0.1, 0.15) is 0 Å². The normalized spacial score (nSPS) is 18.8. The molecule has 3 atom stereocenters. The number of rotatable bonds is 10. The van der Waals surface area contributed by atoms with Gasteiger partial charge in [-0.3, -0.25) is 4.55 Å². The number of hydrogen-bond acceptors (Lipinski definition) is 2. The predicted molar refractivity (Wildman–Crippen MR) is 61.9 cm³/mol. The molecule has 0 saturated heterocycles. The molecule has 21 heteroatoms. The predicted octanol–water partition coefficient (Wildman–Crippen LogP) is 4.92. The van der Waals surface area contributed by atoms with Gasteiger partial charge in [-0.15, -0.1) is 0 Å². The third-order valence-electron chi connectivity index (χ3n) is 3.46. The molecule has 0 amide bonds. The van der Waals surface area contributed by atoms with Crippen molar-refractivity contribution in [2.45, 2.75) is 59.8 Å². The summed E-state index contributed by atoms with van der Waals surface area (Å²) in [6, 6.07) is 0. The Morgan fingerprint density at radius 2 is 0.871 bits per heavy atom. The lowest BCUT2D eigenvalue weighted by atomic mass is 9.90. The largest absolute Gasteiger partial charge is 0.438 e. The van der Waals surface area contributed by atoms with Crippen LogP contribution in [-0.2, 0) is 10.1 Å². The standard InChI is InChI=1S/C10H5F17O3S/c11-1(2(12)4(14)15)3(13)5(16,17)6(18,19)7(20,21)8(22,23)9(24,25)10(26,27)31(28,29)30/h1-4H,(H,28,29,30). The summed E-state index contributed by atoms with van der Waals surface area (Å²) in [5.74, 6) is -41.7. The van der Waals surface area contributed by atoms with Gasteiger partial charge >= 0.3 is 45.0 Å². The Labute approximate surface area is 158 Å². The number of halogens is 17. The van der Waals surface area contributed by atoms with Crippen molar-refractivity contribution in [2.24, 2.45) is 0 Å². The van der Waals surface area contributed by atoms with E-state index in [0.717, 1.165) is 0 Å². The lowest BCUT2D eigenvalue weighted by Crippen LogP contribution is -2.73. The second-order valence-corrected chi connectivity index (χ2v) is 7.00. The summed E-state index contributed by atoms with van der Waals surface area (Å²) in [6.07, 6.45) is -20.6. The Hall–Kier alpha value is -1.28. The zero-order chi connectivity index (χ0) is 25.8. The van der Waals surface area contributed by atoms with E-state index in [0.29, 0.717) is 0 Å². The zero-order valence-electron chi connectivity index (χ0n) is 13.4. The smallest absolute Gasteiger partial charge is 0.281 e. The van der Waals surface area contributed by atoms with Crippen LogP contribution in [0.3, 0.4) is 0 Å². The van der Waals surface area contributed by atoms with E-state index in [-0.39, 0.29) is 0 Å². The fourth-order valence-electron chi connectivity index (χ4n) is 1.62. The van der Waals surface area contributed by atoms with Gasteiger partial charge in [-0.05, 0) is 0 Å². The fourth-order valence-corrected chi connectivity index (χ4v) is 2.07. The summed E-state index contributed by atoms with van der Waals surface area (Å²) in [4.78, 5) is 0. The average molecular weight is 528 g/mol. The molecule has 1 N–H and O–H groups in total. The molecule has 0 aliphatic rings. The van der Waals surface area contributed by atoms with Gasteiger partial charge in [-0.2, -0.15) is 61.1 Å². The van der Waals surface area contributed by atoms with E-state index in [1.54, 1.807) is 0 Å². The van der Waals surface area contributed by atoms with Crippen molar-refractivity contribution in [2.75, 3.05) is 0 Å². The lowest BCUT2D eigenvalue weighted by molar-refractivity contribution is -0.423. The summed E-state index contributed by atoms with van der Waals surface area (Å²) >= 11 is 0. The number of alkyl halides is 17.